The maximum Gasteiger partial charge on any atom is 0.0947 e. The smallest absolute Gasteiger partial charge is 0.0947 e. The molecule has 0 aliphatic carbocycles. The number of hydrogen-bond donors (Lipinski definition) is 0. The van der Waals surface area contributed by atoms with Gasteiger partial charge in [0.05, 0.1) is 42.5 Å². The molecule has 2 fully saturated rings. The average molecular weight is 348 g/mol. The third-order valence-electron chi connectivity index (χ3n) is 5.14. The zero-order valence-electron chi connectivity index (χ0n) is 14.1. The van der Waals surface area contributed by atoms with Gasteiger partial charge in [-0.1, -0.05) is 0 Å². The van der Waals surface area contributed by atoms with E-state index in [4.69, 9.17) is 13.9 Å². The van der Waals surface area contributed by atoms with Crippen molar-refractivity contribution in [1.29, 1.82) is 0 Å². The van der Waals surface area contributed by atoms with Crippen LogP contribution >= 0.6 is 11.3 Å². The van der Waals surface area contributed by atoms with Crippen molar-refractivity contribution in [1.82, 2.24) is 9.88 Å². The van der Waals surface area contributed by atoms with E-state index in [0.717, 1.165) is 56.4 Å². The van der Waals surface area contributed by atoms with E-state index in [0.29, 0.717) is 12.7 Å². The van der Waals surface area contributed by atoms with Gasteiger partial charge in [0.2, 0.25) is 0 Å². The molecule has 4 heterocycles. The van der Waals surface area contributed by atoms with Crippen LogP contribution in [-0.4, -0.2) is 42.3 Å². The molecule has 6 heteroatoms. The zero-order valence-corrected chi connectivity index (χ0v) is 14.9. The first kappa shape index (κ1) is 16.3. The summed E-state index contributed by atoms with van der Waals surface area (Å²) in [5.41, 5.74) is 2.39. The van der Waals surface area contributed by atoms with Gasteiger partial charge in [-0.2, -0.15) is 0 Å². The molecule has 0 saturated carbocycles. The third-order valence-corrected chi connectivity index (χ3v) is 5.96. The van der Waals surface area contributed by atoms with Crippen molar-refractivity contribution in [3.05, 3.63) is 40.2 Å². The lowest BCUT2D eigenvalue weighted by Gasteiger charge is -2.43. The van der Waals surface area contributed by atoms with Gasteiger partial charge in [-0.3, -0.25) is 4.90 Å². The second-order valence-corrected chi connectivity index (χ2v) is 8.02. The van der Waals surface area contributed by atoms with Gasteiger partial charge in [0.15, 0.2) is 0 Å². The summed E-state index contributed by atoms with van der Waals surface area (Å²) in [6, 6.07) is 2.05. The van der Waals surface area contributed by atoms with Crippen molar-refractivity contribution < 1.29 is 13.9 Å². The first-order valence-electron chi connectivity index (χ1n) is 8.57. The monoisotopic (exact) mass is 348 g/mol. The Morgan fingerprint density at radius 2 is 2.46 bits per heavy atom. The Balaban J connectivity index is 1.38. The number of aryl methyl sites for hydroxylation is 1. The molecule has 0 unspecified atom stereocenters. The molecular formula is C18H24N2O3S. The van der Waals surface area contributed by atoms with Crippen LogP contribution in [0.25, 0.3) is 0 Å². The average Bonchev–Trinajstić information content (AvgIpc) is 3.29. The Hall–Kier alpha value is -1.21. The van der Waals surface area contributed by atoms with E-state index >= 15 is 0 Å². The molecule has 0 spiro atoms. The van der Waals surface area contributed by atoms with Gasteiger partial charge in [-0.25, -0.2) is 4.98 Å². The molecule has 0 amide bonds. The highest BCUT2D eigenvalue weighted by atomic mass is 32.1. The highest BCUT2D eigenvalue weighted by Gasteiger charge is 2.48. The van der Waals surface area contributed by atoms with Gasteiger partial charge >= 0.3 is 0 Å². The summed E-state index contributed by atoms with van der Waals surface area (Å²) in [4.78, 5) is 6.99. The zero-order chi connectivity index (χ0) is 16.4. The molecule has 0 bridgehead atoms. The lowest BCUT2D eigenvalue weighted by molar-refractivity contribution is -0.0689. The molecule has 130 valence electrons. The maximum atomic E-state index is 6.08. The fraction of sp³-hybridized carbons (Fsp3) is 0.611. The molecule has 0 radical (unpaired) electrons. The van der Waals surface area contributed by atoms with Gasteiger partial charge in [0.1, 0.15) is 0 Å². The van der Waals surface area contributed by atoms with Crippen LogP contribution in [0.4, 0.5) is 0 Å². The molecule has 2 atom stereocenters. The molecule has 2 aromatic rings. The van der Waals surface area contributed by atoms with Gasteiger partial charge in [-0.15, -0.1) is 11.3 Å². The van der Waals surface area contributed by atoms with Crippen LogP contribution < -0.4 is 0 Å². The van der Waals surface area contributed by atoms with Gasteiger partial charge in [-0.05, 0) is 25.8 Å². The molecule has 0 N–H and O–H groups in total. The highest BCUT2D eigenvalue weighted by molar-refractivity contribution is 7.09. The number of likely N-dealkylation sites (tertiary alicyclic amines) is 1. The van der Waals surface area contributed by atoms with Crippen molar-refractivity contribution in [3.63, 3.8) is 0 Å². The van der Waals surface area contributed by atoms with E-state index in [9.17, 15) is 0 Å². The Kier molecular flexibility index (Phi) is 4.72. The van der Waals surface area contributed by atoms with Crippen molar-refractivity contribution in [2.45, 2.75) is 39.0 Å². The lowest BCUT2D eigenvalue weighted by atomic mass is 9.77. The number of piperidine rings is 1. The summed E-state index contributed by atoms with van der Waals surface area (Å²) in [6.45, 7) is 7.26. The number of fused-ring (bicyclic) bond motifs is 1. The minimum Gasteiger partial charge on any atom is -0.472 e. The molecule has 4 rings (SSSR count). The fourth-order valence-electron chi connectivity index (χ4n) is 3.96. The predicted octanol–water partition coefficient (Wildman–Crippen LogP) is 3.24. The number of furan rings is 1. The van der Waals surface area contributed by atoms with Crippen LogP contribution in [0.1, 0.15) is 29.1 Å². The molecule has 2 aliphatic rings. The largest absolute Gasteiger partial charge is 0.472 e. The standard InChI is InChI=1S/C18H24N2O3S/c1-14-19-16(11-24-14)10-22-13-18-4-7-23-17(18)2-5-20(12-18)8-15-3-6-21-9-15/h3,6,9,11,17H,2,4-5,7-8,10,12-13H2,1H3/t17-,18+/m0/s1. The molecule has 2 aliphatic heterocycles. The van der Waals surface area contributed by atoms with Crippen LogP contribution in [0, 0.1) is 12.3 Å². The SMILES string of the molecule is Cc1nc(COC[C@]23CCO[C@H]2CCN(Cc2ccoc2)C3)cs1. The van der Waals surface area contributed by atoms with Crippen LogP contribution in [-0.2, 0) is 22.6 Å². The molecule has 2 aromatic heterocycles. The Morgan fingerprint density at radius 3 is 3.25 bits per heavy atom. The summed E-state index contributed by atoms with van der Waals surface area (Å²) in [5, 5.41) is 3.18. The number of rotatable bonds is 6. The number of nitrogens with zero attached hydrogens (tertiary/aromatic N) is 2. The van der Waals surface area contributed by atoms with Crippen molar-refractivity contribution in [2.75, 3.05) is 26.3 Å². The summed E-state index contributed by atoms with van der Waals surface area (Å²) in [7, 11) is 0. The Bertz CT molecular complexity index is 657. The highest BCUT2D eigenvalue weighted by Crippen LogP contribution is 2.41. The predicted molar refractivity (Wildman–Crippen MR) is 91.9 cm³/mol. The first-order chi connectivity index (χ1) is 11.7. The van der Waals surface area contributed by atoms with E-state index in [2.05, 4.69) is 15.3 Å². The summed E-state index contributed by atoms with van der Waals surface area (Å²) < 4.78 is 17.3. The normalized spacial score (nSPS) is 27.5. The van der Waals surface area contributed by atoms with Gasteiger partial charge in [0.25, 0.3) is 0 Å². The minimum absolute atomic E-state index is 0.118. The van der Waals surface area contributed by atoms with Crippen LogP contribution in [0.2, 0.25) is 0 Å². The van der Waals surface area contributed by atoms with Crippen molar-refractivity contribution in [3.8, 4) is 0 Å². The topological polar surface area (TPSA) is 47.7 Å². The van der Waals surface area contributed by atoms with E-state index in [-0.39, 0.29) is 5.41 Å². The van der Waals surface area contributed by atoms with E-state index in [1.54, 1.807) is 17.6 Å². The number of hydrogen-bond acceptors (Lipinski definition) is 6. The number of ether oxygens (including phenoxy) is 2. The van der Waals surface area contributed by atoms with Gasteiger partial charge in [0, 0.05) is 42.6 Å². The minimum atomic E-state index is 0.118. The quantitative estimate of drug-likeness (QED) is 0.802. The number of aromatic nitrogens is 1. The molecule has 24 heavy (non-hydrogen) atoms. The van der Waals surface area contributed by atoms with Crippen LogP contribution in [0.3, 0.4) is 0 Å². The van der Waals surface area contributed by atoms with E-state index < -0.39 is 0 Å². The van der Waals surface area contributed by atoms with E-state index in [1.807, 2.05) is 19.3 Å². The lowest BCUT2D eigenvalue weighted by Crippen LogP contribution is -2.51. The number of thiazole rings is 1. The summed E-state index contributed by atoms with van der Waals surface area (Å²) >= 11 is 1.68. The van der Waals surface area contributed by atoms with Crippen molar-refractivity contribution >= 4 is 11.3 Å². The van der Waals surface area contributed by atoms with Crippen LogP contribution in [0.5, 0.6) is 0 Å². The first-order valence-corrected chi connectivity index (χ1v) is 9.45. The molecule has 5 nitrogen and oxygen atoms in total. The summed E-state index contributed by atoms with van der Waals surface area (Å²) in [5.74, 6) is 0. The Labute approximate surface area is 146 Å². The summed E-state index contributed by atoms with van der Waals surface area (Å²) in [6.07, 6.45) is 6.07. The molecule has 0 aromatic carbocycles. The van der Waals surface area contributed by atoms with Gasteiger partial charge < -0.3 is 13.9 Å². The molecular weight excluding hydrogens is 324 g/mol. The second kappa shape index (κ2) is 6.96. The second-order valence-electron chi connectivity index (χ2n) is 6.95. The van der Waals surface area contributed by atoms with Crippen LogP contribution in [0.15, 0.2) is 28.4 Å². The van der Waals surface area contributed by atoms with E-state index in [1.165, 1.54) is 5.56 Å². The maximum absolute atomic E-state index is 6.08. The third kappa shape index (κ3) is 3.42. The Morgan fingerprint density at radius 1 is 1.50 bits per heavy atom. The fourth-order valence-corrected chi connectivity index (χ4v) is 4.55. The molecule has 2 saturated heterocycles. The van der Waals surface area contributed by atoms with Crippen molar-refractivity contribution in [2.24, 2.45) is 5.41 Å².